The van der Waals surface area contributed by atoms with Gasteiger partial charge in [-0.15, -0.1) is 0 Å². The summed E-state index contributed by atoms with van der Waals surface area (Å²) in [6, 6.07) is 4.49. The van der Waals surface area contributed by atoms with Crippen LogP contribution in [0.5, 0.6) is 0 Å². The molecule has 1 fully saturated rings. The van der Waals surface area contributed by atoms with Gasteiger partial charge >= 0.3 is 0 Å². The van der Waals surface area contributed by atoms with Crippen molar-refractivity contribution in [3.63, 3.8) is 0 Å². The highest BCUT2D eigenvalue weighted by Gasteiger charge is 2.23. The molecule has 1 aromatic rings. The molecule has 1 aliphatic rings. The number of nitro groups is 1. The number of hydrogen-bond donors (Lipinski definition) is 1. The van der Waals surface area contributed by atoms with E-state index in [4.69, 9.17) is 9.84 Å². The molecule has 7 nitrogen and oxygen atoms in total. The van der Waals surface area contributed by atoms with E-state index >= 15 is 0 Å². The molecule has 1 saturated heterocycles. The number of anilines is 1. The second-order valence-electron chi connectivity index (χ2n) is 4.64. The van der Waals surface area contributed by atoms with Gasteiger partial charge in [0.15, 0.2) is 5.78 Å². The number of carbonyl (C=O) groups excluding carboxylic acids is 1. The number of ketones is 1. The Hall–Kier alpha value is -1.99. The van der Waals surface area contributed by atoms with E-state index in [1.54, 1.807) is 6.07 Å². The summed E-state index contributed by atoms with van der Waals surface area (Å²) >= 11 is 0. The molecular formula is C13H16N2O5. The normalized spacial score (nSPS) is 18.9. The van der Waals surface area contributed by atoms with Gasteiger partial charge in [0.25, 0.3) is 5.69 Å². The topological polar surface area (TPSA) is 92.9 Å². The Morgan fingerprint density at radius 3 is 2.95 bits per heavy atom. The summed E-state index contributed by atoms with van der Waals surface area (Å²) in [5.74, 6) is -0.342. The lowest BCUT2D eigenvalue weighted by atomic mass is 10.1. The summed E-state index contributed by atoms with van der Waals surface area (Å²) in [7, 11) is 0. The van der Waals surface area contributed by atoms with Crippen LogP contribution in [0.15, 0.2) is 18.2 Å². The van der Waals surface area contributed by atoms with Crippen LogP contribution in [0, 0.1) is 10.1 Å². The number of nitrogens with zero attached hydrogens (tertiary/aromatic N) is 2. The third-order valence-electron chi connectivity index (χ3n) is 3.26. The largest absolute Gasteiger partial charge is 0.394 e. The highest BCUT2D eigenvalue weighted by molar-refractivity contribution is 5.99. The van der Waals surface area contributed by atoms with E-state index < -0.39 is 4.92 Å². The van der Waals surface area contributed by atoms with Gasteiger partial charge in [-0.1, -0.05) is 0 Å². The molecule has 0 aliphatic carbocycles. The minimum atomic E-state index is -0.559. The number of Topliss-reactive ketones (excluding diaryl/α,β-unsaturated/α-hetero) is 1. The van der Waals surface area contributed by atoms with Crippen molar-refractivity contribution in [2.45, 2.75) is 13.0 Å². The number of morpholine rings is 1. The first-order chi connectivity index (χ1) is 9.52. The molecule has 0 amide bonds. The fraction of sp³-hybridized carbons (Fsp3) is 0.462. The molecular weight excluding hydrogens is 264 g/mol. The van der Waals surface area contributed by atoms with Crippen molar-refractivity contribution < 1.29 is 19.6 Å². The summed E-state index contributed by atoms with van der Waals surface area (Å²) in [5, 5.41) is 20.0. The van der Waals surface area contributed by atoms with Crippen LogP contribution in [0.3, 0.4) is 0 Å². The predicted molar refractivity (Wildman–Crippen MR) is 72.1 cm³/mol. The monoisotopic (exact) mass is 280 g/mol. The molecule has 2 rings (SSSR count). The highest BCUT2D eigenvalue weighted by atomic mass is 16.6. The van der Waals surface area contributed by atoms with E-state index in [1.165, 1.54) is 19.1 Å². The van der Waals surface area contributed by atoms with Gasteiger partial charge in [-0.05, 0) is 19.1 Å². The molecule has 1 heterocycles. The highest BCUT2D eigenvalue weighted by Crippen LogP contribution is 2.26. The van der Waals surface area contributed by atoms with Crippen LogP contribution in [0.4, 0.5) is 11.4 Å². The summed E-state index contributed by atoms with van der Waals surface area (Å²) in [5.41, 5.74) is 0.635. The Morgan fingerprint density at radius 1 is 1.60 bits per heavy atom. The summed E-state index contributed by atoms with van der Waals surface area (Å²) in [6.07, 6.45) is -0.278. The zero-order chi connectivity index (χ0) is 14.7. The zero-order valence-electron chi connectivity index (χ0n) is 11.1. The molecule has 0 aromatic heterocycles. The van der Waals surface area contributed by atoms with Crippen LogP contribution in [-0.2, 0) is 4.74 Å². The Balaban J connectivity index is 2.31. The Bertz CT molecular complexity index is 531. The van der Waals surface area contributed by atoms with Crippen molar-refractivity contribution in [3.8, 4) is 0 Å². The predicted octanol–water partition coefficient (Wildman–Crippen LogP) is 0.995. The molecule has 0 bridgehead atoms. The standard InChI is InChI=1S/C13H16N2O5/c1-9(17)12-6-10(2-3-13(12)15(18)19)14-4-5-20-11(7-14)8-16/h2-3,6,11,16H,4-5,7-8H2,1H3. The van der Waals surface area contributed by atoms with Gasteiger partial charge in [0, 0.05) is 24.8 Å². The van der Waals surface area contributed by atoms with E-state index in [-0.39, 0.29) is 29.7 Å². The maximum atomic E-state index is 11.5. The SMILES string of the molecule is CC(=O)c1cc(N2CCOC(CO)C2)ccc1[N+](=O)[O-]. The third kappa shape index (κ3) is 2.94. The van der Waals surface area contributed by atoms with Crippen LogP contribution >= 0.6 is 0 Å². The quantitative estimate of drug-likeness (QED) is 0.502. The number of ether oxygens (including phenoxy) is 1. The molecule has 1 aliphatic heterocycles. The number of carbonyl (C=O) groups is 1. The summed E-state index contributed by atoms with van der Waals surface area (Å²) in [4.78, 5) is 23.8. The second kappa shape index (κ2) is 5.98. The molecule has 1 aromatic carbocycles. The average Bonchev–Trinajstić information content (AvgIpc) is 2.46. The fourth-order valence-corrected chi connectivity index (χ4v) is 2.23. The maximum Gasteiger partial charge on any atom is 0.280 e. The van der Waals surface area contributed by atoms with E-state index in [0.717, 1.165) is 5.69 Å². The number of benzene rings is 1. The minimum Gasteiger partial charge on any atom is -0.394 e. The average molecular weight is 280 g/mol. The first kappa shape index (κ1) is 14.4. The molecule has 0 radical (unpaired) electrons. The maximum absolute atomic E-state index is 11.5. The van der Waals surface area contributed by atoms with Gasteiger partial charge in [-0.3, -0.25) is 14.9 Å². The molecule has 7 heteroatoms. The summed E-state index contributed by atoms with van der Waals surface area (Å²) in [6.45, 7) is 2.81. The Morgan fingerprint density at radius 2 is 2.35 bits per heavy atom. The van der Waals surface area contributed by atoms with Crippen LogP contribution in [0.25, 0.3) is 0 Å². The lowest BCUT2D eigenvalue weighted by Crippen LogP contribution is -2.44. The lowest BCUT2D eigenvalue weighted by Gasteiger charge is -2.33. The fourth-order valence-electron chi connectivity index (χ4n) is 2.23. The number of rotatable bonds is 4. The van der Waals surface area contributed by atoms with Crippen molar-refractivity contribution in [2.24, 2.45) is 0 Å². The van der Waals surface area contributed by atoms with Crippen molar-refractivity contribution in [2.75, 3.05) is 31.2 Å². The van der Waals surface area contributed by atoms with Crippen LogP contribution < -0.4 is 4.90 Å². The molecule has 1 unspecified atom stereocenters. The molecule has 20 heavy (non-hydrogen) atoms. The van der Waals surface area contributed by atoms with Gasteiger partial charge in [0.1, 0.15) is 0 Å². The molecule has 1 atom stereocenters. The molecule has 1 N–H and O–H groups in total. The minimum absolute atomic E-state index is 0.0803. The van der Waals surface area contributed by atoms with Crippen molar-refractivity contribution in [3.05, 3.63) is 33.9 Å². The smallest absolute Gasteiger partial charge is 0.280 e. The van der Waals surface area contributed by atoms with Gasteiger partial charge in [0.05, 0.1) is 29.8 Å². The molecule has 108 valence electrons. The number of nitro benzene ring substituents is 1. The van der Waals surface area contributed by atoms with Gasteiger partial charge in [-0.2, -0.15) is 0 Å². The van der Waals surface area contributed by atoms with Gasteiger partial charge in [-0.25, -0.2) is 0 Å². The zero-order valence-corrected chi connectivity index (χ0v) is 11.1. The van der Waals surface area contributed by atoms with Crippen LogP contribution in [0.1, 0.15) is 17.3 Å². The van der Waals surface area contributed by atoms with E-state index in [9.17, 15) is 14.9 Å². The van der Waals surface area contributed by atoms with Crippen molar-refractivity contribution >= 4 is 17.2 Å². The Labute approximate surface area is 115 Å². The van der Waals surface area contributed by atoms with E-state index in [1.807, 2.05) is 4.90 Å². The first-order valence-electron chi connectivity index (χ1n) is 6.29. The molecule has 0 spiro atoms. The number of aliphatic hydroxyl groups is 1. The first-order valence-corrected chi connectivity index (χ1v) is 6.29. The van der Waals surface area contributed by atoms with Crippen LogP contribution in [-0.4, -0.2) is 48.2 Å². The summed E-state index contributed by atoms with van der Waals surface area (Å²) < 4.78 is 5.35. The van der Waals surface area contributed by atoms with Gasteiger partial charge in [0.2, 0.25) is 0 Å². The Kier molecular flexibility index (Phi) is 4.31. The number of hydrogen-bond acceptors (Lipinski definition) is 6. The van der Waals surface area contributed by atoms with Crippen LogP contribution in [0.2, 0.25) is 0 Å². The number of aliphatic hydroxyl groups excluding tert-OH is 1. The van der Waals surface area contributed by atoms with E-state index in [2.05, 4.69) is 0 Å². The third-order valence-corrected chi connectivity index (χ3v) is 3.26. The van der Waals surface area contributed by atoms with Gasteiger partial charge < -0.3 is 14.7 Å². The van der Waals surface area contributed by atoms with E-state index in [0.29, 0.717) is 19.7 Å². The lowest BCUT2D eigenvalue weighted by molar-refractivity contribution is -0.385. The van der Waals surface area contributed by atoms with Crippen molar-refractivity contribution in [1.29, 1.82) is 0 Å². The second-order valence-corrected chi connectivity index (χ2v) is 4.64. The van der Waals surface area contributed by atoms with Crippen molar-refractivity contribution in [1.82, 2.24) is 0 Å². The molecule has 0 saturated carbocycles.